The number of ether oxygens (including phenoxy) is 4. The molecule has 568 valence electrons. The van der Waals surface area contributed by atoms with E-state index in [2.05, 4.69) is 113 Å². The summed E-state index contributed by atoms with van der Waals surface area (Å²) in [7, 11) is -9.95. The molecule has 0 radical (unpaired) electrons. The highest BCUT2D eigenvalue weighted by atomic mass is 31.2. The van der Waals surface area contributed by atoms with Crippen LogP contribution in [0.15, 0.2) is 85.1 Å². The van der Waals surface area contributed by atoms with Gasteiger partial charge in [-0.05, 0) is 135 Å². The molecule has 0 heterocycles. The van der Waals surface area contributed by atoms with Gasteiger partial charge in [-0.3, -0.25) is 37.3 Å². The number of aliphatic hydroxyl groups is 1. The molecular weight excluding hydrogens is 1280 g/mol. The van der Waals surface area contributed by atoms with Crippen molar-refractivity contribution in [3.63, 3.8) is 0 Å². The van der Waals surface area contributed by atoms with Gasteiger partial charge in [0.25, 0.3) is 0 Å². The smallest absolute Gasteiger partial charge is 0.462 e. The Kier molecular flexibility index (Phi) is 68.9. The van der Waals surface area contributed by atoms with Gasteiger partial charge in [-0.25, -0.2) is 9.13 Å². The van der Waals surface area contributed by atoms with Gasteiger partial charge in [-0.1, -0.05) is 260 Å². The van der Waals surface area contributed by atoms with Gasteiger partial charge in [0.1, 0.15) is 19.3 Å². The van der Waals surface area contributed by atoms with Crippen LogP contribution in [0.25, 0.3) is 0 Å². The lowest BCUT2D eigenvalue weighted by atomic mass is 10.1. The van der Waals surface area contributed by atoms with E-state index in [1.807, 2.05) is 0 Å². The fourth-order valence-corrected chi connectivity index (χ4v) is 11.9. The fraction of sp³-hybridized carbons (Fsp3) is 0.772. The topological polar surface area (TPSA) is 237 Å². The number of hydrogen-bond donors (Lipinski definition) is 3. The van der Waals surface area contributed by atoms with Gasteiger partial charge in [0.15, 0.2) is 12.2 Å². The first-order valence-corrected chi connectivity index (χ1v) is 41.8. The summed E-state index contributed by atoms with van der Waals surface area (Å²) < 4.78 is 68.4. The lowest BCUT2D eigenvalue weighted by Crippen LogP contribution is -2.30. The van der Waals surface area contributed by atoms with Crippen molar-refractivity contribution >= 4 is 39.5 Å². The lowest BCUT2D eigenvalue weighted by molar-refractivity contribution is -0.161. The predicted octanol–water partition coefficient (Wildman–Crippen LogP) is 22.2. The molecule has 0 aliphatic heterocycles. The van der Waals surface area contributed by atoms with E-state index < -0.39 is 97.5 Å². The standard InChI is InChI=1S/C79H140O17P2/c1-5-9-13-17-21-25-29-32-34-35-36-37-39-42-45-48-52-56-60-64-77(82)89-69-74(95-78(83)65-61-57-53-49-43-28-24-20-16-12-8-4)71-93-97(85,86)91-67-73(80)68-92-98(87,88)94-72-75(96-79(84)66-62-58-54-50-46-40-31-27-23-19-15-11-7-3)70-90-76(81)63-59-55-51-47-44-41-38-33-30-26-22-18-14-10-6-2/h9,13,20-21,24-25,27,31-34,36-38,73-75,80H,5-8,10-12,14-19,22-23,26,28-30,35,39-72H2,1-4H3,(H,85,86)(H,87,88)/b13-9-,24-20-,25-21-,31-27-,34-32-,37-36-,38-33-. The van der Waals surface area contributed by atoms with Crippen molar-refractivity contribution in [2.75, 3.05) is 39.6 Å². The number of carbonyl (C=O) groups is 4. The third-order valence-corrected chi connectivity index (χ3v) is 18.2. The van der Waals surface area contributed by atoms with Gasteiger partial charge < -0.3 is 33.8 Å². The van der Waals surface area contributed by atoms with Crippen LogP contribution in [0.4, 0.5) is 0 Å². The van der Waals surface area contributed by atoms with E-state index in [0.29, 0.717) is 25.7 Å². The minimum Gasteiger partial charge on any atom is -0.462 e. The Bertz CT molecular complexity index is 2190. The zero-order valence-corrected chi connectivity index (χ0v) is 63.7. The fourth-order valence-electron chi connectivity index (χ4n) is 10.4. The van der Waals surface area contributed by atoms with E-state index >= 15 is 0 Å². The van der Waals surface area contributed by atoms with Gasteiger partial charge in [0, 0.05) is 25.7 Å². The lowest BCUT2D eigenvalue weighted by Gasteiger charge is -2.21. The van der Waals surface area contributed by atoms with E-state index in [9.17, 15) is 43.2 Å². The third kappa shape index (κ3) is 70.7. The van der Waals surface area contributed by atoms with Crippen LogP contribution in [0.1, 0.15) is 336 Å². The average molecular weight is 1420 g/mol. The third-order valence-electron chi connectivity index (χ3n) is 16.3. The number of carbonyl (C=O) groups excluding carboxylic acids is 4. The molecule has 0 aromatic heterocycles. The zero-order chi connectivity index (χ0) is 71.8. The summed E-state index contributed by atoms with van der Waals surface area (Å²) in [6, 6.07) is 0. The van der Waals surface area contributed by atoms with Crippen LogP contribution < -0.4 is 0 Å². The summed E-state index contributed by atoms with van der Waals surface area (Å²) in [6.45, 7) is 4.69. The Morgan fingerprint density at radius 3 is 0.867 bits per heavy atom. The second-order valence-corrected chi connectivity index (χ2v) is 28.8. The first-order chi connectivity index (χ1) is 47.7. The Balaban J connectivity index is 5.30. The number of aliphatic hydroxyl groups excluding tert-OH is 1. The molecule has 0 aliphatic carbocycles. The van der Waals surface area contributed by atoms with Crippen molar-refractivity contribution < 1.29 is 80.2 Å². The quantitative estimate of drug-likeness (QED) is 0.0169. The first kappa shape index (κ1) is 94.2. The highest BCUT2D eigenvalue weighted by Gasteiger charge is 2.30. The Morgan fingerprint density at radius 2 is 0.541 bits per heavy atom. The number of rotatable bonds is 73. The second-order valence-electron chi connectivity index (χ2n) is 25.9. The van der Waals surface area contributed by atoms with Gasteiger partial charge in [-0.2, -0.15) is 0 Å². The molecule has 0 spiro atoms. The van der Waals surface area contributed by atoms with Gasteiger partial charge in [-0.15, -0.1) is 0 Å². The average Bonchev–Trinajstić information content (AvgIpc) is 1.00. The summed E-state index contributed by atoms with van der Waals surface area (Å²) in [4.78, 5) is 72.8. The van der Waals surface area contributed by atoms with Crippen molar-refractivity contribution in [3.05, 3.63) is 85.1 Å². The summed E-state index contributed by atoms with van der Waals surface area (Å²) >= 11 is 0. The van der Waals surface area contributed by atoms with E-state index in [1.54, 1.807) is 0 Å². The summed E-state index contributed by atoms with van der Waals surface area (Å²) in [6.07, 6.45) is 72.9. The Morgan fingerprint density at radius 1 is 0.296 bits per heavy atom. The molecule has 19 heteroatoms. The van der Waals surface area contributed by atoms with Crippen LogP contribution >= 0.6 is 15.6 Å². The highest BCUT2D eigenvalue weighted by molar-refractivity contribution is 7.47. The largest absolute Gasteiger partial charge is 0.472 e. The van der Waals surface area contributed by atoms with Crippen molar-refractivity contribution in [1.29, 1.82) is 0 Å². The molecule has 0 aromatic carbocycles. The van der Waals surface area contributed by atoms with Crippen molar-refractivity contribution in [2.45, 2.75) is 354 Å². The normalized spacial score (nSPS) is 14.4. The maximum absolute atomic E-state index is 13.1. The van der Waals surface area contributed by atoms with Crippen LogP contribution in [0.2, 0.25) is 0 Å². The van der Waals surface area contributed by atoms with E-state index in [1.165, 1.54) is 77.0 Å². The minimum atomic E-state index is -4.98. The maximum atomic E-state index is 13.1. The van der Waals surface area contributed by atoms with Crippen molar-refractivity contribution in [1.82, 2.24) is 0 Å². The second kappa shape index (κ2) is 71.6. The highest BCUT2D eigenvalue weighted by Crippen LogP contribution is 2.45. The number of phosphoric acid groups is 2. The molecule has 0 aliphatic rings. The van der Waals surface area contributed by atoms with Crippen molar-refractivity contribution in [2.24, 2.45) is 0 Å². The SMILES string of the molecule is CC/C=C\C/C=C\C/C=C\C/C=C\CCCCCCCCC(=O)OCC(COP(=O)(O)OCC(O)COP(=O)(O)OCC(COC(=O)CCCCCCC/C=C\CCCCCCCC)OC(=O)CCCCCCC/C=C\CCCCCC)OC(=O)CCCCCCC/C=C\CCCC. The molecule has 0 saturated carbocycles. The van der Waals surface area contributed by atoms with E-state index in [4.69, 9.17) is 37.0 Å². The van der Waals surface area contributed by atoms with Crippen LogP contribution in [0.3, 0.4) is 0 Å². The number of esters is 4. The molecule has 0 saturated heterocycles. The molecule has 98 heavy (non-hydrogen) atoms. The Hall–Kier alpha value is -3.76. The first-order valence-electron chi connectivity index (χ1n) is 38.8. The van der Waals surface area contributed by atoms with E-state index in [-0.39, 0.29) is 25.7 Å². The monoisotopic (exact) mass is 1420 g/mol. The van der Waals surface area contributed by atoms with Crippen molar-refractivity contribution in [3.8, 4) is 0 Å². The number of hydrogen-bond acceptors (Lipinski definition) is 15. The molecule has 3 N–H and O–H groups in total. The predicted molar refractivity (Wildman–Crippen MR) is 399 cm³/mol. The van der Waals surface area contributed by atoms with Gasteiger partial charge in [0.05, 0.1) is 26.4 Å². The molecule has 0 amide bonds. The maximum Gasteiger partial charge on any atom is 0.472 e. The molecule has 0 bridgehead atoms. The molecule has 17 nitrogen and oxygen atoms in total. The van der Waals surface area contributed by atoms with Gasteiger partial charge in [0.2, 0.25) is 0 Å². The van der Waals surface area contributed by atoms with Crippen LogP contribution in [-0.4, -0.2) is 96.7 Å². The Labute approximate surface area is 595 Å². The molecule has 0 fully saturated rings. The number of allylic oxidation sites excluding steroid dienone is 14. The summed E-state index contributed by atoms with van der Waals surface area (Å²) in [5, 5.41) is 10.6. The molecule has 0 aromatic rings. The van der Waals surface area contributed by atoms with Crippen LogP contribution in [0.5, 0.6) is 0 Å². The minimum absolute atomic E-state index is 0.0817. The molecule has 5 atom stereocenters. The molecule has 0 rings (SSSR count). The summed E-state index contributed by atoms with van der Waals surface area (Å²) in [5.41, 5.74) is 0. The van der Waals surface area contributed by atoms with E-state index in [0.717, 1.165) is 180 Å². The van der Waals surface area contributed by atoms with Crippen LogP contribution in [0, 0.1) is 0 Å². The number of phosphoric ester groups is 2. The van der Waals surface area contributed by atoms with Gasteiger partial charge >= 0.3 is 39.5 Å². The zero-order valence-electron chi connectivity index (χ0n) is 62.0. The van der Waals surface area contributed by atoms with Crippen LogP contribution in [-0.2, 0) is 65.4 Å². The summed E-state index contributed by atoms with van der Waals surface area (Å²) in [5.74, 6) is -2.20. The number of unbranched alkanes of at least 4 members (excludes halogenated alkanes) is 33. The molecule has 5 unspecified atom stereocenters. The molecular formula is C79H140O17P2.